The van der Waals surface area contributed by atoms with Crippen LogP contribution in [0.5, 0.6) is 0 Å². The third kappa shape index (κ3) is 3.79. The minimum atomic E-state index is -0.431. The summed E-state index contributed by atoms with van der Waals surface area (Å²) in [5.41, 5.74) is 4.94. The zero-order valence-corrected chi connectivity index (χ0v) is 15.5. The molecule has 0 aliphatic heterocycles. The molecule has 0 saturated carbocycles. The summed E-state index contributed by atoms with van der Waals surface area (Å²) >= 11 is 0. The third-order valence-corrected chi connectivity index (χ3v) is 4.64. The molecule has 1 aromatic heterocycles. The number of rotatable bonds is 5. The minimum absolute atomic E-state index is 0.00826. The Morgan fingerprint density at radius 2 is 1.85 bits per heavy atom. The minimum Gasteiger partial charge on any atom is -0.347 e. The second-order valence-corrected chi connectivity index (χ2v) is 7.02. The van der Waals surface area contributed by atoms with Crippen molar-refractivity contribution in [3.05, 3.63) is 71.0 Å². The second kappa shape index (κ2) is 7.07. The molecule has 1 heterocycles. The lowest BCUT2D eigenvalue weighted by molar-refractivity contribution is -0.122. The number of amides is 1. The second-order valence-electron chi connectivity index (χ2n) is 7.02. The summed E-state index contributed by atoms with van der Waals surface area (Å²) in [5.74, 6) is -0.00826. The number of nitrogens with one attached hydrogen (secondary N) is 1. The number of hydrogen-bond donors (Lipinski definition) is 1. The fourth-order valence-electron chi connectivity index (χ4n) is 3.12. The molecule has 0 aliphatic rings. The van der Waals surface area contributed by atoms with E-state index in [1.54, 1.807) is 4.68 Å². The van der Waals surface area contributed by atoms with Crippen molar-refractivity contribution >= 4 is 5.91 Å². The maximum atomic E-state index is 12.6. The predicted molar refractivity (Wildman–Crippen MR) is 99.9 cm³/mol. The molecule has 2 aromatic carbocycles. The van der Waals surface area contributed by atoms with Crippen molar-refractivity contribution in [1.29, 1.82) is 0 Å². The predicted octanol–water partition coefficient (Wildman–Crippen LogP) is 2.87. The van der Waals surface area contributed by atoms with E-state index in [0.717, 1.165) is 16.8 Å². The standard InChI is InChI=1S/C20H23N5O/c1-14-6-5-7-18(15(14)2)20(3,4)22-19(26)12-16-8-10-17(11-9-16)25-13-21-23-24-25/h5-11,13H,12H2,1-4H3,(H,22,26). The molecule has 0 bridgehead atoms. The molecule has 1 amide bonds. The molecule has 0 spiro atoms. The van der Waals surface area contributed by atoms with Crippen molar-refractivity contribution < 1.29 is 4.79 Å². The molecule has 0 fully saturated rings. The molecule has 0 unspecified atom stereocenters. The van der Waals surface area contributed by atoms with Crippen molar-refractivity contribution in [3.63, 3.8) is 0 Å². The van der Waals surface area contributed by atoms with Gasteiger partial charge in [0, 0.05) is 0 Å². The number of nitrogens with zero attached hydrogens (tertiary/aromatic N) is 4. The van der Waals surface area contributed by atoms with Gasteiger partial charge in [-0.1, -0.05) is 30.3 Å². The number of benzene rings is 2. The van der Waals surface area contributed by atoms with Gasteiger partial charge in [0.1, 0.15) is 6.33 Å². The van der Waals surface area contributed by atoms with E-state index in [0.29, 0.717) is 6.42 Å². The average molecular weight is 349 g/mol. The summed E-state index contributed by atoms with van der Waals surface area (Å²) < 4.78 is 1.58. The highest BCUT2D eigenvalue weighted by molar-refractivity contribution is 5.79. The topological polar surface area (TPSA) is 72.7 Å². The Hall–Kier alpha value is -3.02. The maximum Gasteiger partial charge on any atom is 0.225 e. The summed E-state index contributed by atoms with van der Waals surface area (Å²) in [6.45, 7) is 8.25. The van der Waals surface area contributed by atoms with Crippen LogP contribution in [0.2, 0.25) is 0 Å². The van der Waals surface area contributed by atoms with Gasteiger partial charge in [-0.3, -0.25) is 4.79 Å². The summed E-state index contributed by atoms with van der Waals surface area (Å²) in [4.78, 5) is 12.6. The van der Waals surface area contributed by atoms with Crippen LogP contribution >= 0.6 is 0 Å². The van der Waals surface area contributed by atoms with Gasteiger partial charge in [0.05, 0.1) is 17.6 Å². The van der Waals surface area contributed by atoms with Crippen LogP contribution in [0.1, 0.15) is 36.1 Å². The Labute approximate surface area is 153 Å². The Kier molecular flexibility index (Phi) is 4.84. The molecule has 3 aromatic rings. The first-order valence-corrected chi connectivity index (χ1v) is 8.57. The highest BCUT2D eigenvalue weighted by atomic mass is 16.1. The first kappa shape index (κ1) is 17.8. The highest BCUT2D eigenvalue weighted by Gasteiger charge is 2.24. The van der Waals surface area contributed by atoms with E-state index in [1.165, 1.54) is 17.5 Å². The van der Waals surface area contributed by atoms with Gasteiger partial charge in [-0.15, -0.1) is 5.10 Å². The van der Waals surface area contributed by atoms with Crippen LogP contribution in [0, 0.1) is 13.8 Å². The van der Waals surface area contributed by atoms with E-state index in [9.17, 15) is 4.79 Å². The first-order chi connectivity index (χ1) is 12.4. The average Bonchev–Trinajstić information content (AvgIpc) is 3.12. The van der Waals surface area contributed by atoms with Crippen LogP contribution in [0.15, 0.2) is 48.8 Å². The van der Waals surface area contributed by atoms with E-state index in [4.69, 9.17) is 0 Å². The maximum absolute atomic E-state index is 12.6. The summed E-state index contributed by atoms with van der Waals surface area (Å²) in [7, 11) is 0. The monoisotopic (exact) mass is 349 g/mol. The Balaban J connectivity index is 1.69. The Morgan fingerprint density at radius 1 is 1.12 bits per heavy atom. The molecule has 134 valence electrons. The SMILES string of the molecule is Cc1cccc(C(C)(C)NC(=O)Cc2ccc(-n3cnnn3)cc2)c1C. The fourth-order valence-corrected chi connectivity index (χ4v) is 3.12. The Morgan fingerprint density at radius 3 is 2.50 bits per heavy atom. The summed E-state index contributed by atoms with van der Waals surface area (Å²) in [6, 6.07) is 13.8. The van der Waals surface area contributed by atoms with Crippen LogP contribution in [-0.2, 0) is 16.8 Å². The van der Waals surface area contributed by atoms with Crippen LogP contribution in [0.3, 0.4) is 0 Å². The van der Waals surface area contributed by atoms with Gasteiger partial charge in [-0.05, 0) is 72.5 Å². The molecule has 6 nitrogen and oxygen atoms in total. The van der Waals surface area contributed by atoms with Crippen molar-refractivity contribution in [3.8, 4) is 5.69 Å². The quantitative estimate of drug-likeness (QED) is 0.769. The van der Waals surface area contributed by atoms with Crippen molar-refractivity contribution in [2.45, 2.75) is 39.7 Å². The molecule has 1 N–H and O–H groups in total. The number of aryl methyl sites for hydroxylation is 1. The molecular weight excluding hydrogens is 326 g/mol. The lowest BCUT2D eigenvalue weighted by Crippen LogP contribution is -2.42. The number of hydrogen-bond acceptors (Lipinski definition) is 4. The van der Waals surface area contributed by atoms with E-state index >= 15 is 0 Å². The summed E-state index contributed by atoms with van der Waals surface area (Å²) in [5, 5.41) is 14.2. The number of aromatic nitrogens is 4. The van der Waals surface area contributed by atoms with Crippen LogP contribution in [-0.4, -0.2) is 26.1 Å². The number of tetrazole rings is 1. The van der Waals surface area contributed by atoms with E-state index in [-0.39, 0.29) is 5.91 Å². The van der Waals surface area contributed by atoms with Gasteiger partial charge < -0.3 is 5.32 Å². The van der Waals surface area contributed by atoms with Gasteiger partial charge in [0.15, 0.2) is 0 Å². The molecule has 0 saturated heterocycles. The van der Waals surface area contributed by atoms with E-state index in [1.807, 2.05) is 44.2 Å². The van der Waals surface area contributed by atoms with Gasteiger partial charge in [0.25, 0.3) is 0 Å². The number of carbonyl (C=O) groups excluding carboxylic acids is 1. The third-order valence-electron chi connectivity index (χ3n) is 4.64. The molecule has 0 aliphatic carbocycles. The van der Waals surface area contributed by atoms with Crippen LogP contribution in [0.25, 0.3) is 5.69 Å². The lowest BCUT2D eigenvalue weighted by atomic mass is 9.88. The molecule has 6 heteroatoms. The van der Waals surface area contributed by atoms with Gasteiger partial charge in [-0.2, -0.15) is 0 Å². The smallest absolute Gasteiger partial charge is 0.225 e. The molecule has 26 heavy (non-hydrogen) atoms. The van der Waals surface area contributed by atoms with Crippen molar-refractivity contribution in [2.75, 3.05) is 0 Å². The summed E-state index contributed by atoms with van der Waals surface area (Å²) in [6.07, 6.45) is 1.86. The number of carbonyl (C=O) groups is 1. The zero-order chi connectivity index (χ0) is 18.7. The van der Waals surface area contributed by atoms with E-state index in [2.05, 4.69) is 46.8 Å². The largest absolute Gasteiger partial charge is 0.347 e. The zero-order valence-electron chi connectivity index (χ0n) is 15.5. The van der Waals surface area contributed by atoms with Gasteiger partial charge in [-0.25, -0.2) is 4.68 Å². The van der Waals surface area contributed by atoms with Gasteiger partial charge >= 0.3 is 0 Å². The highest BCUT2D eigenvalue weighted by Crippen LogP contribution is 2.25. The molecule has 0 radical (unpaired) electrons. The van der Waals surface area contributed by atoms with Crippen LogP contribution in [0.4, 0.5) is 0 Å². The van der Waals surface area contributed by atoms with Gasteiger partial charge in [0.2, 0.25) is 5.91 Å². The Bertz CT molecular complexity index is 898. The normalized spacial score (nSPS) is 11.4. The molecule has 3 rings (SSSR count). The lowest BCUT2D eigenvalue weighted by Gasteiger charge is -2.29. The fraction of sp³-hybridized carbons (Fsp3) is 0.300. The van der Waals surface area contributed by atoms with E-state index < -0.39 is 5.54 Å². The molecular formula is C20H23N5O. The first-order valence-electron chi connectivity index (χ1n) is 8.57. The van der Waals surface area contributed by atoms with Crippen LogP contribution < -0.4 is 5.32 Å². The van der Waals surface area contributed by atoms with Crippen molar-refractivity contribution in [2.24, 2.45) is 0 Å². The molecule has 0 atom stereocenters. The van der Waals surface area contributed by atoms with Crippen molar-refractivity contribution in [1.82, 2.24) is 25.5 Å².